The number of nitrogens with zero attached hydrogens (tertiary/aromatic N) is 2. The van der Waals surface area contributed by atoms with E-state index in [9.17, 15) is 9.59 Å². The van der Waals surface area contributed by atoms with E-state index in [2.05, 4.69) is 26.3 Å². The van der Waals surface area contributed by atoms with Gasteiger partial charge in [0, 0.05) is 31.8 Å². The normalized spacial score (nSPS) is 16.1. The van der Waals surface area contributed by atoms with Crippen molar-refractivity contribution in [2.45, 2.75) is 33.1 Å². The summed E-state index contributed by atoms with van der Waals surface area (Å²) in [6.45, 7) is 5.83. The molecule has 27 heavy (non-hydrogen) atoms. The van der Waals surface area contributed by atoms with Crippen LogP contribution in [-0.4, -0.2) is 21.5 Å². The Morgan fingerprint density at radius 3 is 2.59 bits per heavy atom. The monoisotopic (exact) mass is 443 g/mol. The number of aryl methyl sites for hydroxylation is 3. The van der Waals surface area contributed by atoms with Crippen LogP contribution in [0.25, 0.3) is 5.69 Å². The molecule has 0 fully saturated rings. The number of nitrogens with one attached hydrogen (secondary N) is 1. The first-order valence-electron chi connectivity index (χ1n) is 8.61. The van der Waals surface area contributed by atoms with E-state index in [-0.39, 0.29) is 18.1 Å². The van der Waals surface area contributed by atoms with E-state index < -0.39 is 5.92 Å². The number of halogens is 1. The number of anilines is 1. The van der Waals surface area contributed by atoms with Gasteiger partial charge in [-0.3, -0.25) is 9.59 Å². The van der Waals surface area contributed by atoms with Gasteiger partial charge in [0.1, 0.15) is 5.82 Å². The number of rotatable bonds is 3. The van der Waals surface area contributed by atoms with Crippen molar-refractivity contribution < 1.29 is 9.59 Å². The molecule has 2 aromatic heterocycles. The molecule has 0 spiro atoms. The van der Waals surface area contributed by atoms with Gasteiger partial charge in [0.05, 0.1) is 17.3 Å². The highest BCUT2D eigenvalue weighted by molar-refractivity contribution is 9.10. The maximum Gasteiger partial charge on any atom is 0.226 e. The molecule has 1 aliphatic rings. The molecule has 1 aromatic carbocycles. The predicted octanol–water partition coefficient (Wildman–Crippen LogP) is 4.93. The van der Waals surface area contributed by atoms with Crippen LogP contribution in [0.3, 0.4) is 0 Å². The second-order valence-corrected chi connectivity index (χ2v) is 9.11. The second kappa shape index (κ2) is 6.73. The third-order valence-electron chi connectivity index (χ3n) is 4.80. The van der Waals surface area contributed by atoms with Gasteiger partial charge < -0.3 is 5.32 Å². The maximum absolute atomic E-state index is 13.3. The number of ketones is 1. The van der Waals surface area contributed by atoms with E-state index in [0.29, 0.717) is 11.4 Å². The van der Waals surface area contributed by atoms with Gasteiger partial charge >= 0.3 is 0 Å². The number of hydrogen-bond acceptors (Lipinski definition) is 4. The minimum Gasteiger partial charge on any atom is -0.310 e. The highest BCUT2D eigenvalue weighted by Gasteiger charge is 2.37. The Kier molecular flexibility index (Phi) is 4.52. The number of aromatic nitrogens is 2. The molecule has 1 N–H and O–H groups in total. The van der Waals surface area contributed by atoms with Crippen LogP contribution in [0.15, 0.2) is 34.8 Å². The minimum atomic E-state index is -0.509. The van der Waals surface area contributed by atoms with Gasteiger partial charge in [-0.25, -0.2) is 4.68 Å². The standard InChI is InChI=1S/C20H18BrN3O2S/c1-10-8-15(12(3)27-10)19(26)16-9-17(25)22-20-18(16)11(2)23-24(20)14-6-4-13(21)5-7-14/h4-8,16H,9H2,1-3H3,(H,22,25)/t16-/m1/s1. The summed E-state index contributed by atoms with van der Waals surface area (Å²) in [6, 6.07) is 9.59. The Hall–Kier alpha value is -2.25. The number of Topliss-reactive ketones (excluding diaryl/α,β-unsaturated/α-hetero) is 1. The number of carbonyl (C=O) groups excluding carboxylic acids is 2. The SMILES string of the molecule is Cc1cc(C(=O)[C@@H]2CC(=O)Nc3c2c(C)nn3-c2ccc(Br)cc2)c(C)s1. The Labute approximate surface area is 169 Å². The van der Waals surface area contributed by atoms with Crippen molar-refractivity contribution in [2.24, 2.45) is 0 Å². The Balaban J connectivity index is 1.83. The Bertz CT molecular complexity index is 1070. The molecule has 138 valence electrons. The van der Waals surface area contributed by atoms with Crippen LogP contribution >= 0.6 is 27.3 Å². The lowest BCUT2D eigenvalue weighted by molar-refractivity contribution is -0.116. The summed E-state index contributed by atoms with van der Waals surface area (Å²) in [6.07, 6.45) is 0.146. The molecule has 7 heteroatoms. The third-order valence-corrected chi connectivity index (χ3v) is 6.29. The molecule has 1 atom stereocenters. The lowest BCUT2D eigenvalue weighted by Gasteiger charge is -2.23. The topological polar surface area (TPSA) is 64.0 Å². The lowest BCUT2D eigenvalue weighted by Crippen LogP contribution is -2.28. The first-order valence-corrected chi connectivity index (χ1v) is 10.2. The molecule has 0 bridgehead atoms. The molecule has 3 aromatic rings. The van der Waals surface area contributed by atoms with Crippen LogP contribution in [0.1, 0.15) is 43.7 Å². The van der Waals surface area contributed by atoms with Gasteiger partial charge in [0.2, 0.25) is 5.91 Å². The van der Waals surface area contributed by atoms with Crippen molar-refractivity contribution >= 4 is 44.8 Å². The smallest absolute Gasteiger partial charge is 0.226 e. The maximum atomic E-state index is 13.3. The fourth-order valence-corrected chi connectivity index (χ4v) is 4.80. The number of carbonyl (C=O) groups is 2. The second-order valence-electron chi connectivity index (χ2n) is 6.73. The Morgan fingerprint density at radius 1 is 1.26 bits per heavy atom. The highest BCUT2D eigenvalue weighted by Crippen LogP contribution is 2.39. The van der Waals surface area contributed by atoms with Crippen molar-refractivity contribution in [3.8, 4) is 5.69 Å². The van der Waals surface area contributed by atoms with Crippen LogP contribution in [0.5, 0.6) is 0 Å². The summed E-state index contributed by atoms with van der Waals surface area (Å²) in [7, 11) is 0. The summed E-state index contributed by atoms with van der Waals surface area (Å²) >= 11 is 5.03. The molecule has 0 saturated heterocycles. The fraction of sp³-hybridized carbons (Fsp3) is 0.250. The van der Waals surface area contributed by atoms with Crippen molar-refractivity contribution in [2.75, 3.05) is 5.32 Å². The molecule has 4 rings (SSSR count). The number of amides is 1. The zero-order chi connectivity index (χ0) is 19.3. The first kappa shape index (κ1) is 18.1. The summed E-state index contributed by atoms with van der Waals surface area (Å²) in [5.74, 6) is -0.0882. The van der Waals surface area contributed by atoms with E-state index in [1.807, 2.05) is 51.1 Å². The average Bonchev–Trinajstić information content (AvgIpc) is 3.13. The van der Waals surface area contributed by atoms with Crippen molar-refractivity contribution in [1.29, 1.82) is 0 Å². The number of hydrogen-bond donors (Lipinski definition) is 1. The van der Waals surface area contributed by atoms with Gasteiger partial charge in [-0.1, -0.05) is 15.9 Å². The van der Waals surface area contributed by atoms with Crippen LogP contribution < -0.4 is 5.32 Å². The minimum absolute atomic E-state index is 0.00796. The lowest BCUT2D eigenvalue weighted by atomic mass is 9.85. The zero-order valence-corrected chi connectivity index (χ0v) is 17.6. The zero-order valence-electron chi connectivity index (χ0n) is 15.2. The van der Waals surface area contributed by atoms with E-state index >= 15 is 0 Å². The average molecular weight is 444 g/mol. The van der Waals surface area contributed by atoms with Crippen LogP contribution in [0.2, 0.25) is 0 Å². The van der Waals surface area contributed by atoms with Crippen molar-refractivity contribution in [3.63, 3.8) is 0 Å². The van der Waals surface area contributed by atoms with E-state index in [0.717, 1.165) is 31.2 Å². The largest absolute Gasteiger partial charge is 0.310 e. The van der Waals surface area contributed by atoms with Crippen LogP contribution in [0, 0.1) is 20.8 Å². The molecule has 0 radical (unpaired) electrons. The van der Waals surface area contributed by atoms with Gasteiger partial charge in [-0.15, -0.1) is 11.3 Å². The molecular weight excluding hydrogens is 426 g/mol. The third kappa shape index (κ3) is 3.15. The van der Waals surface area contributed by atoms with E-state index in [1.54, 1.807) is 16.0 Å². The quantitative estimate of drug-likeness (QED) is 0.583. The molecular formula is C20H18BrN3O2S. The molecule has 0 aliphatic carbocycles. The van der Waals surface area contributed by atoms with Gasteiger partial charge in [-0.05, 0) is 51.1 Å². The van der Waals surface area contributed by atoms with Gasteiger partial charge in [0.15, 0.2) is 5.78 Å². The molecule has 0 saturated carbocycles. The summed E-state index contributed by atoms with van der Waals surface area (Å²) in [4.78, 5) is 27.8. The number of thiophene rings is 1. The van der Waals surface area contributed by atoms with Crippen molar-refractivity contribution in [1.82, 2.24) is 9.78 Å². The van der Waals surface area contributed by atoms with Crippen LogP contribution in [-0.2, 0) is 4.79 Å². The number of benzene rings is 1. The van der Waals surface area contributed by atoms with E-state index in [4.69, 9.17) is 0 Å². The summed E-state index contributed by atoms with van der Waals surface area (Å²) < 4.78 is 2.67. The van der Waals surface area contributed by atoms with Gasteiger partial charge in [-0.2, -0.15) is 5.10 Å². The first-order chi connectivity index (χ1) is 12.8. The molecule has 1 aliphatic heterocycles. The number of fused-ring (bicyclic) bond motifs is 1. The highest BCUT2D eigenvalue weighted by atomic mass is 79.9. The van der Waals surface area contributed by atoms with Crippen LogP contribution in [0.4, 0.5) is 5.82 Å². The summed E-state index contributed by atoms with van der Waals surface area (Å²) in [5.41, 5.74) is 3.11. The fourth-order valence-electron chi connectivity index (χ4n) is 3.60. The van der Waals surface area contributed by atoms with Crippen molar-refractivity contribution in [3.05, 3.63) is 61.4 Å². The predicted molar refractivity (Wildman–Crippen MR) is 110 cm³/mol. The molecule has 0 unspecified atom stereocenters. The summed E-state index contributed by atoms with van der Waals surface area (Å²) in [5, 5.41) is 7.54. The van der Waals surface area contributed by atoms with Gasteiger partial charge in [0.25, 0.3) is 0 Å². The molecule has 5 nitrogen and oxygen atoms in total. The molecule has 3 heterocycles. The van der Waals surface area contributed by atoms with E-state index in [1.165, 1.54) is 0 Å². The molecule has 1 amide bonds. The Morgan fingerprint density at radius 2 is 1.96 bits per heavy atom.